The summed E-state index contributed by atoms with van der Waals surface area (Å²) in [6.45, 7) is 7.58. The van der Waals surface area contributed by atoms with Crippen LogP contribution in [0.4, 0.5) is 0 Å². The summed E-state index contributed by atoms with van der Waals surface area (Å²) < 4.78 is 11.5. The molecule has 26 heavy (non-hydrogen) atoms. The van der Waals surface area contributed by atoms with Crippen LogP contribution in [-0.4, -0.2) is 36.1 Å². The number of hydrogen-bond acceptors (Lipinski definition) is 3. The van der Waals surface area contributed by atoms with Crippen molar-refractivity contribution in [3.05, 3.63) is 41.7 Å². The van der Waals surface area contributed by atoms with Crippen LogP contribution in [0.3, 0.4) is 0 Å². The number of ether oxygens (including phenoxy) is 2. The molecule has 2 fully saturated rings. The minimum atomic E-state index is 0.0141. The molecule has 0 spiro atoms. The molecule has 0 atom stereocenters. The number of nitrogens with zero attached hydrogens (tertiary/aromatic N) is 1. The maximum atomic E-state index is 12.5. The summed E-state index contributed by atoms with van der Waals surface area (Å²) in [5, 5.41) is 0. The molecular formula is C22H31NO3. The van der Waals surface area contributed by atoms with Gasteiger partial charge in [0.05, 0.1) is 6.10 Å². The third kappa shape index (κ3) is 4.29. The Labute approximate surface area is 157 Å². The zero-order valence-corrected chi connectivity index (χ0v) is 16.2. The van der Waals surface area contributed by atoms with Crippen molar-refractivity contribution < 1.29 is 14.3 Å². The van der Waals surface area contributed by atoms with Crippen molar-refractivity contribution in [3.63, 3.8) is 0 Å². The Bertz CT molecular complexity index is 627. The highest BCUT2D eigenvalue weighted by atomic mass is 16.5. The first-order valence-corrected chi connectivity index (χ1v) is 10.1. The summed E-state index contributed by atoms with van der Waals surface area (Å²) in [6, 6.07) is 8.48. The second-order valence-corrected chi connectivity index (χ2v) is 7.09. The predicted molar refractivity (Wildman–Crippen MR) is 103 cm³/mol. The predicted octanol–water partition coefficient (Wildman–Crippen LogP) is 4.65. The largest absolute Gasteiger partial charge is 0.452 e. The Morgan fingerprint density at radius 2 is 1.81 bits per heavy atom. The number of benzene rings is 1. The van der Waals surface area contributed by atoms with E-state index in [1.807, 2.05) is 37.0 Å². The monoisotopic (exact) mass is 357 g/mol. The SMILES string of the molecule is CC.CCCOC1CC(N2CC=C(Oc3ccc(C4CC4)cc3)C2=O)C1. The first-order chi connectivity index (χ1) is 12.7. The van der Waals surface area contributed by atoms with Gasteiger partial charge in [-0.3, -0.25) is 4.79 Å². The van der Waals surface area contributed by atoms with Gasteiger partial charge in [-0.2, -0.15) is 0 Å². The molecule has 4 nitrogen and oxygen atoms in total. The Hall–Kier alpha value is -1.81. The molecule has 1 heterocycles. The van der Waals surface area contributed by atoms with Gasteiger partial charge >= 0.3 is 0 Å². The molecule has 0 saturated heterocycles. The normalized spacial score (nSPS) is 24.5. The summed E-state index contributed by atoms with van der Waals surface area (Å²) in [5.74, 6) is 1.97. The highest BCUT2D eigenvalue weighted by Gasteiger charge is 2.40. The summed E-state index contributed by atoms with van der Waals surface area (Å²) in [4.78, 5) is 14.5. The van der Waals surface area contributed by atoms with Gasteiger partial charge in [0.25, 0.3) is 5.91 Å². The van der Waals surface area contributed by atoms with Crippen LogP contribution in [0.2, 0.25) is 0 Å². The molecule has 1 amide bonds. The summed E-state index contributed by atoms with van der Waals surface area (Å²) in [5.41, 5.74) is 1.38. The van der Waals surface area contributed by atoms with Crippen molar-refractivity contribution in [2.45, 2.75) is 70.9 Å². The number of carbonyl (C=O) groups excluding carboxylic acids is 1. The molecule has 3 aliphatic rings. The molecule has 4 heteroatoms. The van der Waals surface area contributed by atoms with Crippen molar-refractivity contribution in [2.24, 2.45) is 0 Å². The van der Waals surface area contributed by atoms with E-state index >= 15 is 0 Å². The minimum Gasteiger partial charge on any atom is -0.452 e. The molecule has 1 aromatic carbocycles. The van der Waals surface area contributed by atoms with Crippen LogP contribution in [0.1, 0.15) is 64.4 Å². The number of hydrogen-bond donors (Lipinski definition) is 0. The molecule has 0 bridgehead atoms. The average molecular weight is 357 g/mol. The Morgan fingerprint density at radius 1 is 1.12 bits per heavy atom. The molecule has 2 aliphatic carbocycles. The maximum absolute atomic E-state index is 12.5. The zero-order chi connectivity index (χ0) is 18.5. The van der Waals surface area contributed by atoms with E-state index in [2.05, 4.69) is 19.1 Å². The van der Waals surface area contributed by atoms with E-state index in [4.69, 9.17) is 9.47 Å². The minimum absolute atomic E-state index is 0.0141. The third-order valence-electron chi connectivity index (χ3n) is 5.17. The molecule has 2 saturated carbocycles. The van der Waals surface area contributed by atoms with Gasteiger partial charge in [0.2, 0.25) is 0 Å². The van der Waals surface area contributed by atoms with Crippen molar-refractivity contribution in [1.29, 1.82) is 0 Å². The quantitative estimate of drug-likeness (QED) is 0.713. The fraction of sp³-hybridized carbons (Fsp3) is 0.591. The molecule has 142 valence electrons. The first-order valence-electron chi connectivity index (χ1n) is 10.1. The van der Waals surface area contributed by atoms with E-state index in [1.165, 1.54) is 18.4 Å². The molecule has 0 N–H and O–H groups in total. The Balaban J connectivity index is 0.000000948. The van der Waals surface area contributed by atoms with Crippen molar-refractivity contribution in [2.75, 3.05) is 13.2 Å². The number of rotatable bonds is 7. The smallest absolute Gasteiger partial charge is 0.289 e. The van der Waals surface area contributed by atoms with Gasteiger partial charge in [-0.25, -0.2) is 0 Å². The zero-order valence-electron chi connectivity index (χ0n) is 16.2. The molecule has 0 radical (unpaired) electrons. The van der Waals surface area contributed by atoms with Gasteiger partial charge in [0, 0.05) is 19.2 Å². The number of carbonyl (C=O) groups is 1. The van der Waals surface area contributed by atoms with Gasteiger partial charge in [-0.15, -0.1) is 0 Å². The molecular weight excluding hydrogens is 326 g/mol. The maximum Gasteiger partial charge on any atom is 0.289 e. The van der Waals surface area contributed by atoms with E-state index in [1.54, 1.807) is 0 Å². The summed E-state index contributed by atoms with van der Waals surface area (Å²) >= 11 is 0. The average Bonchev–Trinajstić information content (AvgIpc) is 3.43. The van der Waals surface area contributed by atoms with Crippen LogP contribution in [-0.2, 0) is 9.53 Å². The second-order valence-electron chi connectivity index (χ2n) is 7.09. The lowest BCUT2D eigenvalue weighted by atomic mass is 9.88. The van der Waals surface area contributed by atoms with Crippen LogP contribution in [0, 0.1) is 0 Å². The molecule has 4 rings (SSSR count). The number of amides is 1. The highest BCUT2D eigenvalue weighted by Crippen LogP contribution is 2.40. The lowest BCUT2D eigenvalue weighted by molar-refractivity contribution is -0.135. The van der Waals surface area contributed by atoms with Crippen molar-refractivity contribution >= 4 is 5.91 Å². The van der Waals surface area contributed by atoms with Crippen LogP contribution >= 0.6 is 0 Å². The second kappa shape index (κ2) is 8.72. The van der Waals surface area contributed by atoms with Gasteiger partial charge in [0.1, 0.15) is 5.75 Å². The lowest BCUT2D eigenvalue weighted by Crippen LogP contribution is -2.49. The van der Waals surface area contributed by atoms with Crippen molar-refractivity contribution in [3.8, 4) is 5.75 Å². The first kappa shape index (κ1) is 19.0. The van der Waals surface area contributed by atoms with Crippen LogP contribution < -0.4 is 4.74 Å². The fourth-order valence-electron chi connectivity index (χ4n) is 3.46. The summed E-state index contributed by atoms with van der Waals surface area (Å²) in [7, 11) is 0. The third-order valence-corrected chi connectivity index (χ3v) is 5.17. The Kier molecular flexibility index (Phi) is 6.36. The van der Waals surface area contributed by atoms with Gasteiger partial charge in [0.15, 0.2) is 5.76 Å². The van der Waals surface area contributed by atoms with E-state index in [0.29, 0.717) is 24.4 Å². The van der Waals surface area contributed by atoms with E-state index in [-0.39, 0.29) is 5.91 Å². The topological polar surface area (TPSA) is 38.8 Å². The molecule has 0 unspecified atom stereocenters. The summed E-state index contributed by atoms with van der Waals surface area (Å²) in [6.07, 6.45) is 7.75. The van der Waals surface area contributed by atoms with Crippen molar-refractivity contribution in [1.82, 2.24) is 4.90 Å². The van der Waals surface area contributed by atoms with Gasteiger partial charge < -0.3 is 14.4 Å². The standard InChI is InChI=1S/C20H25NO3.C2H6/c1-2-11-23-18-12-16(13-18)21-10-9-19(20(21)22)24-17-7-5-15(6-8-17)14-3-4-14;1-2/h5-9,14,16,18H,2-4,10-13H2,1H3;1-2H3. The van der Waals surface area contributed by atoms with E-state index < -0.39 is 0 Å². The van der Waals surface area contributed by atoms with Crippen LogP contribution in [0.15, 0.2) is 36.1 Å². The molecule has 1 aliphatic heterocycles. The van der Waals surface area contributed by atoms with Gasteiger partial charge in [-0.05, 0) is 61.8 Å². The van der Waals surface area contributed by atoms with E-state index in [0.717, 1.165) is 37.5 Å². The van der Waals surface area contributed by atoms with E-state index in [9.17, 15) is 4.79 Å². The molecule has 0 aromatic heterocycles. The van der Waals surface area contributed by atoms with Crippen LogP contribution in [0.25, 0.3) is 0 Å². The highest BCUT2D eigenvalue weighted by molar-refractivity contribution is 5.94. The van der Waals surface area contributed by atoms with Gasteiger partial charge in [-0.1, -0.05) is 32.9 Å². The Morgan fingerprint density at radius 3 is 2.42 bits per heavy atom. The molecule has 1 aromatic rings. The fourth-order valence-corrected chi connectivity index (χ4v) is 3.46. The van der Waals surface area contributed by atoms with Crippen LogP contribution in [0.5, 0.6) is 5.75 Å². The lowest BCUT2D eigenvalue weighted by Gasteiger charge is -2.40.